The molecule has 12 nitrogen and oxygen atoms in total. The summed E-state index contributed by atoms with van der Waals surface area (Å²) in [5.41, 5.74) is 7.02. The Kier molecular flexibility index (Phi) is 16.0. The molecule has 0 aliphatic rings. The number of fused-ring (bicyclic) bond motifs is 2. The third-order valence-electron chi connectivity index (χ3n) is 9.43. The topological polar surface area (TPSA) is 180 Å². The van der Waals surface area contributed by atoms with Crippen LogP contribution in [0.5, 0.6) is 0 Å². The van der Waals surface area contributed by atoms with Crippen LogP contribution < -0.4 is 19.8 Å². The monoisotopic (exact) mass is 872 g/mol. The smallest absolute Gasteiger partial charge is 0.255 e. The lowest BCUT2D eigenvalue weighted by Crippen LogP contribution is -2.33. The standard InChI is InChI=1S/C34H32N4O2.2C7H8O3S/c1-3-19-37-21-5-7-27-23-29(14-16-31(27)37)35-33(39)18-11-25-9-12-26(13-10-25)34(40)36-30-15-17-32-28(24-30)8-6-22-38(32)20-4-2;2*1-6-2-4-7(5-3-6)11(8,9)10/h5-18,21-24H,3-4,19-20H2,1-2H3;2*2-5H,1H3,(H,8,9,10)/b18-11+;;. The lowest BCUT2D eigenvalue weighted by atomic mass is 10.1. The summed E-state index contributed by atoms with van der Waals surface area (Å²) in [5, 5.41) is 8.08. The van der Waals surface area contributed by atoms with E-state index in [1.54, 1.807) is 42.5 Å². The summed E-state index contributed by atoms with van der Waals surface area (Å²) < 4.78 is 66.8. The van der Waals surface area contributed by atoms with Gasteiger partial charge in [0.05, 0.1) is 9.79 Å². The number of nitrogens with one attached hydrogen (secondary N) is 2. The lowest BCUT2D eigenvalue weighted by molar-refractivity contribution is -0.671. The fourth-order valence-electron chi connectivity index (χ4n) is 6.30. The zero-order valence-electron chi connectivity index (χ0n) is 34.8. The summed E-state index contributed by atoms with van der Waals surface area (Å²) in [6.45, 7) is 9.86. The van der Waals surface area contributed by atoms with Gasteiger partial charge < -0.3 is 19.7 Å². The third kappa shape index (κ3) is 13.5. The van der Waals surface area contributed by atoms with Gasteiger partial charge in [-0.15, -0.1) is 0 Å². The van der Waals surface area contributed by atoms with E-state index >= 15 is 0 Å². The highest BCUT2D eigenvalue weighted by Crippen LogP contribution is 2.19. The van der Waals surface area contributed by atoms with Gasteiger partial charge in [-0.05, 0) is 98.3 Å². The van der Waals surface area contributed by atoms with Crippen LogP contribution in [0.1, 0.15) is 53.7 Å². The number of amides is 2. The van der Waals surface area contributed by atoms with Crippen molar-refractivity contribution in [1.29, 1.82) is 0 Å². The molecule has 0 spiro atoms. The lowest BCUT2D eigenvalue weighted by Gasteiger charge is -2.07. The first kappa shape index (κ1) is 46.5. The van der Waals surface area contributed by atoms with Crippen LogP contribution in [0.4, 0.5) is 11.4 Å². The van der Waals surface area contributed by atoms with Crippen LogP contribution in [0.15, 0.2) is 162 Å². The van der Waals surface area contributed by atoms with Gasteiger partial charge in [-0.1, -0.05) is 61.4 Å². The molecule has 2 amide bonds. The number of rotatable bonds is 11. The van der Waals surface area contributed by atoms with Gasteiger partial charge in [-0.25, -0.2) is 16.8 Å². The Morgan fingerprint density at radius 1 is 0.581 bits per heavy atom. The summed E-state index contributed by atoms with van der Waals surface area (Å²) in [6, 6.07) is 38.8. The number of aryl methyl sites for hydroxylation is 4. The average molecular weight is 873 g/mol. The molecule has 0 fully saturated rings. The Morgan fingerprint density at radius 2 is 1.02 bits per heavy atom. The van der Waals surface area contributed by atoms with Gasteiger partial charge in [0, 0.05) is 70.9 Å². The van der Waals surface area contributed by atoms with Gasteiger partial charge in [0.15, 0.2) is 12.4 Å². The Balaban J connectivity index is 0.000000267. The van der Waals surface area contributed by atoms with E-state index in [1.165, 1.54) is 30.3 Å². The van der Waals surface area contributed by atoms with Gasteiger partial charge in [0.1, 0.15) is 33.3 Å². The summed E-state index contributed by atoms with van der Waals surface area (Å²) in [4.78, 5) is 25.0. The first-order chi connectivity index (χ1) is 29.5. The molecule has 7 rings (SSSR count). The molecule has 7 aromatic rings. The van der Waals surface area contributed by atoms with Crippen molar-refractivity contribution < 1.29 is 44.7 Å². The van der Waals surface area contributed by atoms with Crippen LogP contribution in [0.25, 0.3) is 27.9 Å². The fourth-order valence-corrected chi connectivity index (χ4v) is 7.24. The number of aromatic nitrogens is 2. The molecular formula is C48H48N4O8S2. The van der Waals surface area contributed by atoms with Gasteiger partial charge in [-0.3, -0.25) is 9.59 Å². The molecule has 0 aliphatic carbocycles. The molecule has 0 atom stereocenters. The van der Waals surface area contributed by atoms with Crippen molar-refractivity contribution in [1.82, 2.24) is 0 Å². The zero-order valence-corrected chi connectivity index (χ0v) is 36.4. The molecule has 5 aromatic carbocycles. The summed E-state index contributed by atoms with van der Waals surface area (Å²) >= 11 is 0. The van der Waals surface area contributed by atoms with Crippen molar-refractivity contribution in [2.75, 3.05) is 10.6 Å². The number of hydrogen-bond donors (Lipinski definition) is 2. The highest BCUT2D eigenvalue weighted by Gasteiger charge is 2.12. The second-order valence-electron chi connectivity index (χ2n) is 14.4. The average Bonchev–Trinajstić information content (AvgIpc) is 3.23. The van der Waals surface area contributed by atoms with Crippen molar-refractivity contribution in [2.45, 2.75) is 63.4 Å². The first-order valence-corrected chi connectivity index (χ1v) is 22.7. The van der Waals surface area contributed by atoms with E-state index in [1.807, 2.05) is 80.6 Å². The quantitative estimate of drug-likeness (QED) is 0.0744. The number of anilines is 2. The molecule has 0 saturated heterocycles. The third-order valence-corrected chi connectivity index (χ3v) is 11.1. The Morgan fingerprint density at radius 3 is 1.44 bits per heavy atom. The predicted octanol–water partition coefficient (Wildman–Crippen LogP) is 8.09. The van der Waals surface area contributed by atoms with E-state index in [0.717, 1.165) is 75.8 Å². The second kappa shape index (κ2) is 21.3. The van der Waals surface area contributed by atoms with Gasteiger partial charge in [-0.2, -0.15) is 9.13 Å². The van der Waals surface area contributed by atoms with Gasteiger partial charge in [0.25, 0.3) is 5.91 Å². The highest BCUT2D eigenvalue weighted by molar-refractivity contribution is 7.86. The normalized spacial score (nSPS) is 11.3. The molecule has 2 heterocycles. The molecule has 14 heteroatoms. The number of hydrogen-bond acceptors (Lipinski definition) is 8. The van der Waals surface area contributed by atoms with Crippen LogP contribution >= 0.6 is 0 Å². The molecule has 0 bridgehead atoms. The van der Waals surface area contributed by atoms with Crippen LogP contribution in [0, 0.1) is 13.8 Å². The van der Waals surface area contributed by atoms with Crippen molar-refractivity contribution in [3.8, 4) is 0 Å². The van der Waals surface area contributed by atoms with Crippen LogP contribution in [0.2, 0.25) is 0 Å². The number of benzene rings is 5. The van der Waals surface area contributed by atoms with Gasteiger partial charge in [0.2, 0.25) is 16.9 Å². The maximum Gasteiger partial charge on any atom is 0.255 e. The zero-order chi connectivity index (χ0) is 44.9. The minimum absolute atomic E-state index is 0.178. The Hall–Kier alpha value is -6.58. The summed E-state index contributed by atoms with van der Waals surface area (Å²) in [7, 11) is -8.54. The van der Waals surface area contributed by atoms with Crippen molar-refractivity contribution in [2.24, 2.45) is 0 Å². The largest absolute Gasteiger partial charge is 0.744 e. The maximum absolute atomic E-state index is 12.9. The van der Waals surface area contributed by atoms with Crippen LogP contribution in [-0.2, 0) is 38.1 Å². The Bertz CT molecular complexity index is 2850. The number of carbonyl (C=O) groups excluding carboxylic acids is 2. The van der Waals surface area contributed by atoms with E-state index in [-0.39, 0.29) is 21.6 Å². The van der Waals surface area contributed by atoms with Gasteiger partial charge >= 0.3 is 0 Å². The van der Waals surface area contributed by atoms with E-state index in [0.29, 0.717) is 5.56 Å². The summed E-state index contributed by atoms with van der Waals surface area (Å²) in [5.74, 6) is -0.392. The fraction of sp³-hybridized carbons (Fsp3) is 0.167. The molecule has 0 unspecified atom stereocenters. The summed E-state index contributed by atoms with van der Waals surface area (Å²) in [6.07, 6.45) is 9.51. The maximum atomic E-state index is 12.9. The molecule has 0 saturated carbocycles. The number of carbonyl (C=O) groups is 2. The van der Waals surface area contributed by atoms with Crippen molar-refractivity contribution in [3.05, 3.63) is 174 Å². The molecule has 2 N–H and O–H groups in total. The highest BCUT2D eigenvalue weighted by atomic mass is 32.2. The SMILES string of the molecule is CCC[n+]1cccc2cc(NC(=O)/C=C/c3ccc(C(=O)Nc4ccc5c(ccc[n+]5CCC)c4)cc3)ccc21.Cc1ccc(S(=O)(=O)[O-])cc1.Cc1ccc(S(=O)(=O)[O-])cc1. The molecule has 2 aromatic heterocycles. The molecule has 320 valence electrons. The predicted molar refractivity (Wildman–Crippen MR) is 239 cm³/mol. The first-order valence-electron chi connectivity index (χ1n) is 19.8. The Labute approximate surface area is 362 Å². The minimum atomic E-state index is -4.27. The minimum Gasteiger partial charge on any atom is -0.744 e. The van der Waals surface area contributed by atoms with Crippen molar-refractivity contribution >= 4 is 71.3 Å². The molecule has 0 radical (unpaired) electrons. The van der Waals surface area contributed by atoms with Crippen molar-refractivity contribution in [3.63, 3.8) is 0 Å². The van der Waals surface area contributed by atoms with E-state index in [9.17, 15) is 35.5 Å². The van der Waals surface area contributed by atoms with E-state index in [2.05, 4.69) is 52.1 Å². The van der Waals surface area contributed by atoms with E-state index < -0.39 is 20.2 Å². The van der Waals surface area contributed by atoms with Crippen LogP contribution in [0.3, 0.4) is 0 Å². The van der Waals surface area contributed by atoms with E-state index in [4.69, 9.17) is 0 Å². The molecular weight excluding hydrogens is 825 g/mol. The molecule has 0 aliphatic heterocycles. The van der Waals surface area contributed by atoms with Crippen LogP contribution in [-0.4, -0.2) is 37.8 Å². The number of nitrogens with zero attached hydrogens (tertiary/aromatic N) is 2. The number of pyridine rings is 2. The second-order valence-corrected chi connectivity index (χ2v) is 17.1. The molecule has 62 heavy (non-hydrogen) atoms.